The predicted octanol–water partition coefficient (Wildman–Crippen LogP) is 2.50. The average Bonchev–Trinajstić information content (AvgIpc) is 2.39. The van der Waals surface area contributed by atoms with Crippen LogP contribution in [0.25, 0.3) is 0 Å². The zero-order valence-electron chi connectivity index (χ0n) is 11.0. The van der Waals surface area contributed by atoms with Crippen molar-refractivity contribution in [2.24, 2.45) is 5.73 Å². The molecule has 5 nitrogen and oxygen atoms in total. The molecular formula is C13H20ClN3O2. The van der Waals surface area contributed by atoms with Gasteiger partial charge in [0, 0.05) is 36.8 Å². The van der Waals surface area contributed by atoms with E-state index in [4.69, 9.17) is 5.73 Å². The molecule has 106 valence electrons. The summed E-state index contributed by atoms with van der Waals surface area (Å²) in [7, 11) is 0. The molecule has 0 aromatic heterocycles. The Morgan fingerprint density at radius 3 is 2.53 bits per heavy atom. The van der Waals surface area contributed by atoms with E-state index in [0.29, 0.717) is 0 Å². The fourth-order valence-corrected chi connectivity index (χ4v) is 2.51. The highest BCUT2D eigenvalue weighted by molar-refractivity contribution is 5.85. The lowest BCUT2D eigenvalue weighted by Gasteiger charge is -2.34. The van der Waals surface area contributed by atoms with Crippen LogP contribution in [0, 0.1) is 10.1 Å². The van der Waals surface area contributed by atoms with Crippen LogP contribution in [0.15, 0.2) is 24.3 Å². The first-order valence-corrected chi connectivity index (χ1v) is 6.32. The summed E-state index contributed by atoms with van der Waals surface area (Å²) < 4.78 is 0. The number of halogens is 1. The minimum Gasteiger partial charge on any atom is -0.328 e. The summed E-state index contributed by atoms with van der Waals surface area (Å²) in [6.07, 6.45) is 1.93. The first kappa shape index (κ1) is 15.9. The van der Waals surface area contributed by atoms with Crippen molar-refractivity contribution in [2.45, 2.75) is 31.8 Å². The van der Waals surface area contributed by atoms with Crippen LogP contribution in [-0.4, -0.2) is 29.0 Å². The number of nitro benzene ring substituents is 1. The Kier molecular flexibility index (Phi) is 5.72. The minimum atomic E-state index is -0.304. The van der Waals surface area contributed by atoms with Crippen molar-refractivity contribution in [3.63, 3.8) is 0 Å². The zero-order valence-corrected chi connectivity index (χ0v) is 11.8. The molecule has 0 spiro atoms. The highest BCUT2D eigenvalue weighted by atomic mass is 35.5. The fraction of sp³-hybridized carbons (Fsp3) is 0.538. The van der Waals surface area contributed by atoms with Crippen molar-refractivity contribution in [1.82, 2.24) is 4.90 Å². The van der Waals surface area contributed by atoms with Gasteiger partial charge in [-0.2, -0.15) is 0 Å². The number of nitrogens with two attached hydrogens (primary N) is 1. The molecule has 0 amide bonds. The van der Waals surface area contributed by atoms with Crippen LogP contribution in [-0.2, 0) is 0 Å². The van der Waals surface area contributed by atoms with E-state index in [0.717, 1.165) is 31.5 Å². The van der Waals surface area contributed by atoms with Crippen molar-refractivity contribution in [3.8, 4) is 0 Å². The molecule has 1 aliphatic rings. The van der Waals surface area contributed by atoms with Crippen molar-refractivity contribution in [3.05, 3.63) is 39.9 Å². The smallest absolute Gasteiger partial charge is 0.274 e. The minimum absolute atomic E-state index is 0. The van der Waals surface area contributed by atoms with Crippen LogP contribution < -0.4 is 5.73 Å². The van der Waals surface area contributed by atoms with Gasteiger partial charge in [0.15, 0.2) is 0 Å². The van der Waals surface area contributed by atoms with Gasteiger partial charge < -0.3 is 5.73 Å². The highest BCUT2D eigenvalue weighted by Gasteiger charge is 2.26. The first-order chi connectivity index (χ1) is 8.59. The molecule has 0 aliphatic carbocycles. The van der Waals surface area contributed by atoms with E-state index < -0.39 is 0 Å². The summed E-state index contributed by atoms with van der Waals surface area (Å²) in [6.45, 7) is 3.85. The number of benzene rings is 1. The third-order valence-corrected chi connectivity index (χ3v) is 3.71. The van der Waals surface area contributed by atoms with Gasteiger partial charge in [-0.05, 0) is 19.8 Å². The van der Waals surface area contributed by atoms with Crippen LogP contribution in [0.5, 0.6) is 0 Å². The fourth-order valence-electron chi connectivity index (χ4n) is 2.51. The number of para-hydroxylation sites is 1. The molecule has 6 heteroatoms. The van der Waals surface area contributed by atoms with Gasteiger partial charge in [-0.3, -0.25) is 15.0 Å². The van der Waals surface area contributed by atoms with E-state index in [1.165, 1.54) is 0 Å². The van der Waals surface area contributed by atoms with E-state index >= 15 is 0 Å². The summed E-state index contributed by atoms with van der Waals surface area (Å²) in [4.78, 5) is 13.0. The summed E-state index contributed by atoms with van der Waals surface area (Å²) in [5, 5.41) is 11.0. The summed E-state index contributed by atoms with van der Waals surface area (Å²) >= 11 is 0. The summed E-state index contributed by atoms with van der Waals surface area (Å²) in [6, 6.07) is 7.33. The Morgan fingerprint density at radius 2 is 1.95 bits per heavy atom. The van der Waals surface area contributed by atoms with Crippen LogP contribution in [0.3, 0.4) is 0 Å². The summed E-state index contributed by atoms with van der Waals surface area (Å²) in [5.74, 6) is 0. The lowest BCUT2D eigenvalue weighted by Crippen LogP contribution is -2.40. The molecule has 1 aromatic carbocycles. The number of nitrogens with zero attached hydrogens (tertiary/aromatic N) is 2. The molecule has 0 radical (unpaired) electrons. The second kappa shape index (κ2) is 6.84. The van der Waals surface area contributed by atoms with Crippen LogP contribution in [0.1, 0.15) is 31.4 Å². The number of hydrogen-bond donors (Lipinski definition) is 1. The number of piperidine rings is 1. The zero-order chi connectivity index (χ0) is 13.1. The molecule has 2 N–H and O–H groups in total. The Labute approximate surface area is 119 Å². The van der Waals surface area contributed by atoms with Gasteiger partial charge in [0.2, 0.25) is 0 Å². The molecule has 1 aliphatic heterocycles. The molecular weight excluding hydrogens is 266 g/mol. The molecule has 19 heavy (non-hydrogen) atoms. The molecule has 1 fully saturated rings. The third-order valence-electron chi connectivity index (χ3n) is 3.71. The quantitative estimate of drug-likeness (QED) is 0.684. The van der Waals surface area contributed by atoms with E-state index in [9.17, 15) is 10.1 Å². The van der Waals surface area contributed by atoms with Crippen LogP contribution in [0.2, 0.25) is 0 Å². The van der Waals surface area contributed by atoms with Gasteiger partial charge in [0.05, 0.1) is 4.92 Å². The largest absolute Gasteiger partial charge is 0.328 e. The standard InChI is InChI=1S/C13H19N3O2.ClH/c1-10(15-8-6-11(14)7-9-15)12-4-2-3-5-13(12)16(17)18;/h2-5,10-11H,6-9,14H2,1H3;1H. The Morgan fingerprint density at radius 1 is 1.37 bits per heavy atom. The predicted molar refractivity (Wildman–Crippen MR) is 77.5 cm³/mol. The first-order valence-electron chi connectivity index (χ1n) is 6.32. The van der Waals surface area contributed by atoms with E-state index in [2.05, 4.69) is 4.90 Å². The SMILES string of the molecule is CC(c1ccccc1[N+](=O)[O-])N1CCC(N)CC1.Cl. The lowest BCUT2D eigenvalue weighted by atomic mass is 10.00. The van der Waals surface area contributed by atoms with Crippen molar-refractivity contribution >= 4 is 18.1 Å². The maximum absolute atomic E-state index is 11.0. The van der Waals surface area contributed by atoms with Gasteiger partial charge in [-0.15, -0.1) is 12.4 Å². The van der Waals surface area contributed by atoms with Crippen molar-refractivity contribution < 1.29 is 4.92 Å². The Hall–Kier alpha value is -1.17. The summed E-state index contributed by atoms with van der Waals surface area (Å²) in [5.41, 5.74) is 6.88. The van der Waals surface area contributed by atoms with Gasteiger partial charge in [0.1, 0.15) is 0 Å². The normalized spacial score (nSPS) is 18.6. The van der Waals surface area contributed by atoms with E-state index in [1.807, 2.05) is 19.1 Å². The molecule has 2 rings (SSSR count). The molecule has 0 bridgehead atoms. The average molecular weight is 286 g/mol. The molecule has 1 saturated heterocycles. The molecule has 1 atom stereocenters. The number of nitro groups is 1. The monoisotopic (exact) mass is 285 g/mol. The number of likely N-dealkylation sites (tertiary alicyclic amines) is 1. The van der Waals surface area contributed by atoms with Crippen LogP contribution >= 0.6 is 12.4 Å². The third kappa shape index (κ3) is 3.65. The number of rotatable bonds is 3. The van der Waals surface area contributed by atoms with Gasteiger partial charge in [0.25, 0.3) is 5.69 Å². The molecule has 1 heterocycles. The van der Waals surface area contributed by atoms with Crippen LogP contribution in [0.4, 0.5) is 5.69 Å². The molecule has 1 aromatic rings. The van der Waals surface area contributed by atoms with Crippen molar-refractivity contribution in [2.75, 3.05) is 13.1 Å². The maximum Gasteiger partial charge on any atom is 0.274 e. The second-order valence-corrected chi connectivity index (χ2v) is 4.87. The Bertz CT molecular complexity index is 434. The van der Waals surface area contributed by atoms with E-state index in [-0.39, 0.29) is 35.1 Å². The topological polar surface area (TPSA) is 72.4 Å². The van der Waals surface area contributed by atoms with Crippen molar-refractivity contribution in [1.29, 1.82) is 0 Å². The second-order valence-electron chi connectivity index (χ2n) is 4.87. The Balaban J connectivity index is 0.00000180. The van der Waals surface area contributed by atoms with Gasteiger partial charge in [-0.25, -0.2) is 0 Å². The molecule has 1 unspecified atom stereocenters. The number of hydrogen-bond acceptors (Lipinski definition) is 4. The van der Waals surface area contributed by atoms with Gasteiger partial charge in [-0.1, -0.05) is 18.2 Å². The molecule has 0 saturated carbocycles. The highest BCUT2D eigenvalue weighted by Crippen LogP contribution is 2.30. The maximum atomic E-state index is 11.0. The van der Waals surface area contributed by atoms with Gasteiger partial charge >= 0.3 is 0 Å². The lowest BCUT2D eigenvalue weighted by molar-refractivity contribution is -0.386. The van der Waals surface area contributed by atoms with E-state index in [1.54, 1.807) is 12.1 Å².